The van der Waals surface area contributed by atoms with Gasteiger partial charge in [-0.15, -0.1) is 0 Å². The summed E-state index contributed by atoms with van der Waals surface area (Å²) in [5.74, 6) is -3.35. The zero-order valence-corrected chi connectivity index (χ0v) is 17.6. The molecule has 1 amide bonds. The SMILES string of the molecule is [2H]C([2H])([2H])NC(=O)c1ccc(N2CCN(Cc3ccc4c([nH]c(=O)c5c(F)cnn54)c3F)CC2)c(F)n1. The average molecular weight is 474 g/mol. The highest BCUT2D eigenvalue weighted by Gasteiger charge is 2.23. The Morgan fingerprint density at radius 3 is 2.71 bits per heavy atom. The monoisotopic (exact) mass is 474 g/mol. The lowest BCUT2D eigenvalue weighted by Crippen LogP contribution is -2.46. The molecule has 0 saturated carbocycles. The number of halogens is 3. The molecule has 5 rings (SSSR count). The number of H-pyrrole nitrogens is 1. The maximum atomic E-state index is 15.3. The number of anilines is 1. The van der Waals surface area contributed by atoms with Crippen LogP contribution in [0.5, 0.6) is 0 Å². The molecule has 0 bridgehead atoms. The van der Waals surface area contributed by atoms with E-state index in [-0.39, 0.29) is 34.5 Å². The van der Waals surface area contributed by atoms with E-state index in [0.717, 1.165) is 10.7 Å². The first-order chi connectivity index (χ1) is 17.5. The van der Waals surface area contributed by atoms with Gasteiger partial charge in [-0.25, -0.2) is 18.3 Å². The lowest BCUT2D eigenvalue weighted by molar-refractivity contribution is 0.0957. The van der Waals surface area contributed by atoms with Crippen molar-refractivity contribution in [3.8, 4) is 0 Å². The molecule has 1 aliphatic rings. The van der Waals surface area contributed by atoms with E-state index in [2.05, 4.69) is 15.1 Å². The Labute approximate surface area is 195 Å². The number of pyridine rings is 1. The first-order valence-corrected chi connectivity index (χ1v) is 10.3. The topological polar surface area (TPSA) is 98.6 Å². The molecule has 0 radical (unpaired) electrons. The average Bonchev–Trinajstić information content (AvgIpc) is 3.23. The summed E-state index contributed by atoms with van der Waals surface area (Å²) in [6.45, 7) is -0.807. The van der Waals surface area contributed by atoms with E-state index >= 15 is 4.39 Å². The summed E-state index contributed by atoms with van der Waals surface area (Å²) in [5.41, 5.74) is -0.795. The fourth-order valence-corrected chi connectivity index (χ4v) is 4.16. The number of nitrogens with one attached hydrogen (secondary N) is 2. The molecule has 34 heavy (non-hydrogen) atoms. The Kier molecular flexibility index (Phi) is 4.59. The predicted octanol–water partition coefficient (Wildman–Crippen LogP) is 1.67. The molecule has 4 aromatic rings. The molecule has 176 valence electrons. The van der Waals surface area contributed by atoms with Crippen LogP contribution >= 0.6 is 0 Å². The van der Waals surface area contributed by atoms with E-state index in [1.54, 1.807) is 22.3 Å². The molecule has 12 heteroatoms. The van der Waals surface area contributed by atoms with E-state index in [0.29, 0.717) is 31.7 Å². The molecule has 1 fully saturated rings. The zero-order chi connectivity index (χ0) is 26.5. The molecule has 1 saturated heterocycles. The van der Waals surface area contributed by atoms with Crippen molar-refractivity contribution >= 4 is 28.1 Å². The molecule has 9 nitrogen and oxygen atoms in total. The summed E-state index contributed by atoms with van der Waals surface area (Å²) in [6.07, 6.45) is 0.896. The van der Waals surface area contributed by atoms with Gasteiger partial charge < -0.3 is 15.2 Å². The first-order valence-electron chi connectivity index (χ1n) is 11.8. The molecule has 0 unspecified atom stereocenters. The molecule has 1 aromatic carbocycles. The van der Waals surface area contributed by atoms with Crippen molar-refractivity contribution in [1.82, 2.24) is 29.8 Å². The number of nitrogens with zero attached hydrogens (tertiary/aromatic N) is 5. The third-order valence-electron chi connectivity index (χ3n) is 5.89. The van der Waals surface area contributed by atoms with Crippen molar-refractivity contribution in [2.24, 2.45) is 0 Å². The van der Waals surface area contributed by atoms with Crippen molar-refractivity contribution in [1.29, 1.82) is 0 Å². The number of aromatic amines is 1. The summed E-state index contributed by atoms with van der Waals surface area (Å²) in [4.78, 5) is 33.8. The van der Waals surface area contributed by atoms with E-state index in [1.165, 1.54) is 12.1 Å². The highest BCUT2D eigenvalue weighted by atomic mass is 19.1. The molecule has 4 heterocycles. The smallest absolute Gasteiger partial charge is 0.277 e. The number of benzene rings is 1. The summed E-state index contributed by atoms with van der Waals surface area (Å²) < 4.78 is 66.0. The fraction of sp³-hybridized carbons (Fsp3) is 0.273. The summed E-state index contributed by atoms with van der Waals surface area (Å²) in [6, 6.07) is 5.72. The maximum absolute atomic E-state index is 15.3. The molecule has 2 N–H and O–H groups in total. The van der Waals surface area contributed by atoms with E-state index in [9.17, 15) is 18.4 Å². The largest absolute Gasteiger partial charge is 0.365 e. The number of aromatic nitrogens is 4. The van der Waals surface area contributed by atoms with Gasteiger partial charge in [-0.2, -0.15) is 9.49 Å². The molecule has 1 aliphatic heterocycles. The molecular formula is C22H20F3N7O2. The van der Waals surface area contributed by atoms with E-state index in [4.69, 9.17) is 4.11 Å². The van der Waals surface area contributed by atoms with Crippen molar-refractivity contribution < 1.29 is 22.1 Å². The normalized spacial score (nSPS) is 16.4. The summed E-state index contributed by atoms with van der Waals surface area (Å²) >= 11 is 0. The van der Waals surface area contributed by atoms with Gasteiger partial charge in [-0.05, 0) is 18.2 Å². The second-order valence-corrected chi connectivity index (χ2v) is 7.86. The first kappa shape index (κ1) is 18.5. The van der Waals surface area contributed by atoms with Crippen molar-refractivity contribution in [3.05, 3.63) is 69.7 Å². The third-order valence-corrected chi connectivity index (χ3v) is 5.89. The zero-order valence-electron chi connectivity index (χ0n) is 20.6. The standard InChI is InChI=1S/C22H20F3N7O2/c1-26-21(33)14-3-5-16(20(25)28-14)31-8-6-30(7-9-31)11-12-2-4-15-18(17(12)24)29-22(34)19-13(23)10-27-32(15)19/h2-5,10H,6-9,11H2,1H3,(H,26,33)(H,29,34)/i1D3. The Bertz CT molecular complexity index is 1580. The number of carbonyl (C=O) groups is 1. The lowest BCUT2D eigenvalue weighted by Gasteiger charge is -2.36. The number of hydrogen-bond donors (Lipinski definition) is 2. The number of hydrogen-bond acceptors (Lipinski definition) is 6. The van der Waals surface area contributed by atoms with E-state index < -0.39 is 36.0 Å². The Balaban J connectivity index is 1.28. The van der Waals surface area contributed by atoms with Crippen LogP contribution < -0.4 is 15.8 Å². The van der Waals surface area contributed by atoms with Crippen LogP contribution in [0, 0.1) is 17.6 Å². The number of piperazine rings is 1. The number of rotatable bonds is 4. The van der Waals surface area contributed by atoms with Gasteiger partial charge in [-0.3, -0.25) is 14.5 Å². The van der Waals surface area contributed by atoms with E-state index in [1.807, 2.05) is 4.90 Å². The van der Waals surface area contributed by atoms with Crippen LogP contribution in [0.15, 0.2) is 35.3 Å². The minimum atomic E-state index is -2.71. The van der Waals surface area contributed by atoms with Gasteiger partial charge in [0.15, 0.2) is 17.2 Å². The number of amides is 1. The van der Waals surface area contributed by atoms with Crippen molar-refractivity contribution in [2.45, 2.75) is 6.54 Å². The van der Waals surface area contributed by atoms with Crippen LogP contribution in [0.3, 0.4) is 0 Å². The third kappa shape index (κ3) is 3.65. The number of fused-ring (bicyclic) bond motifs is 3. The van der Waals surface area contributed by atoms with Gasteiger partial charge in [0.25, 0.3) is 11.5 Å². The summed E-state index contributed by atoms with van der Waals surface area (Å²) in [7, 11) is 0. The highest BCUT2D eigenvalue weighted by Crippen LogP contribution is 2.23. The van der Waals surface area contributed by atoms with Crippen molar-refractivity contribution in [3.63, 3.8) is 0 Å². The lowest BCUT2D eigenvalue weighted by atomic mass is 10.1. The molecule has 0 aliphatic carbocycles. The molecule has 0 atom stereocenters. The van der Waals surface area contributed by atoms with Crippen LogP contribution in [0.4, 0.5) is 18.9 Å². The second kappa shape index (κ2) is 8.45. The second-order valence-electron chi connectivity index (χ2n) is 7.86. The Morgan fingerprint density at radius 1 is 1.18 bits per heavy atom. The molecule has 3 aromatic heterocycles. The number of carbonyl (C=O) groups excluding carboxylic acids is 1. The quantitative estimate of drug-likeness (QED) is 0.437. The predicted molar refractivity (Wildman–Crippen MR) is 118 cm³/mol. The Hall–Kier alpha value is -3.93. The molecule has 0 spiro atoms. The van der Waals surface area contributed by atoms with Gasteiger partial charge in [0.05, 0.1) is 17.4 Å². The Morgan fingerprint density at radius 2 is 1.97 bits per heavy atom. The van der Waals surface area contributed by atoms with Crippen LogP contribution in [-0.2, 0) is 6.54 Å². The van der Waals surface area contributed by atoms with Gasteiger partial charge >= 0.3 is 0 Å². The highest BCUT2D eigenvalue weighted by molar-refractivity contribution is 5.92. The van der Waals surface area contributed by atoms with Crippen LogP contribution in [0.1, 0.15) is 20.2 Å². The van der Waals surface area contributed by atoms with Gasteiger partial charge in [0, 0.05) is 49.4 Å². The van der Waals surface area contributed by atoms with Gasteiger partial charge in [0.2, 0.25) is 5.95 Å². The van der Waals surface area contributed by atoms with Gasteiger partial charge in [-0.1, -0.05) is 6.07 Å². The van der Waals surface area contributed by atoms with Crippen LogP contribution in [0.25, 0.3) is 16.6 Å². The molecular weight excluding hydrogens is 451 g/mol. The van der Waals surface area contributed by atoms with Crippen LogP contribution in [0.2, 0.25) is 0 Å². The minimum Gasteiger partial charge on any atom is -0.365 e. The fourth-order valence-electron chi connectivity index (χ4n) is 4.16. The minimum absolute atomic E-state index is 0.0764. The van der Waals surface area contributed by atoms with Crippen LogP contribution in [-0.4, -0.2) is 63.5 Å². The van der Waals surface area contributed by atoms with Crippen molar-refractivity contribution in [2.75, 3.05) is 38.1 Å². The maximum Gasteiger partial charge on any atom is 0.277 e. The van der Waals surface area contributed by atoms with Gasteiger partial charge in [0.1, 0.15) is 11.2 Å². The summed E-state index contributed by atoms with van der Waals surface area (Å²) in [5, 5.41) is 5.58.